The predicted octanol–water partition coefficient (Wildman–Crippen LogP) is 5.54. The third-order valence-electron chi connectivity index (χ3n) is 10.3. The van der Waals surface area contributed by atoms with Crippen LogP contribution >= 0.6 is 0 Å². The molecule has 9 heteroatoms. The Labute approximate surface area is 251 Å². The molecule has 2 bridgehead atoms. The van der Waals surface area contributed by atoms with Gasteiger partial charge >= 0.3 is 7.12 Å². The molecule has 3 aliphatic carbocycles. The van der Waals surface area contributed by atoms with Crippen LogP contribution in [-0.4, -0.2) is 55.8 Å². The zero-order valence-electron chi connectivity index (χ0n) is 27.2. The first kappa shape index (κ1) is 34.2. The van der Waals surface area contributed by atoms with E-state index in [4.69, 9.17) is 20.5 Å². The van der Waals surface area contributed by atoms with E-state index in [-0.39, 0.29) is 41.0 Å². The standard InChI is InChI=1S/C32H62BN5O3/c1-7-8-9-10-11-12-13-14-15-18-36-25(17-16-19-37-30(34)35)29(39)38-28(20-23(2)3)33-40-27-22-24-21-26(31(24,4)5)32(27,6)41-33/h23-28,36H,7-22H2,1-6H3,(H,38,39)(H4,34,35,37)/t24-,25-,26-,27+,28-,32-/m0/s1. The maximum atomic E-state index is 13.7. The van der Waals surface area contributed by atoms with Gasteiger partial charge in [-0.3, -0.25) is 10.2 Å². The van der Waals surface area contributed by atoms with Gasteiger partial charge in [0.25, 0.3) is 0 Å². The Morgan fingerprint density at radius 3 is 2.27 bits per heavy atom. The quantitative estimate of drug-likeness (QED) is 0.0563. The number of carbonyl (C=O) groups is 1. The number of unbranched alkanes of at least 4 members (excludes halogenated alkanes) is 8. The Hall–Kier alpha value is -1.32. The molecule has 6 atom stereocenters. The van der Waals surface area contributed by atoms with Crippen molar-refractivity contribution in [2.24, 2.45) is 28.9 Å². The highest BCUT2D eigenvalue weighted by molar-refractivity contribution is 6.47. The van der Waals surface area contributed by atoms with Gasteiger partial charge in [-0.1, -0.05) is 86.0 Å². The molecule has 0 aromatic heterocycles. The molecule has 1 amide bonds. The Balaban J connectivity index is 1.53. The normalized spacial score (nSPS) is 27.7. The topological polar surface area (TPSA) is 121 Å². The van der Waals surface area contributed by atoms with Gasteiger partial charge in [-0.2, -0.15) is 0 Å². The summed E-state index contributed by atoms with van der Waals surface area (Å²) < 4.78 is 13.4. The van der Waals surface area contributed by atoms with Crippen LogP contribution in [0.25, 0.3) is 0 Å². The molecule has 1 heterocycles. The third kappa shape index (κ3) is 9.33. The molecule has 0 spiro atoms. The van der Waals surface area contributed by atoms with Crippen molar-refractivity contribution in [1.82, 2.24) is 16.0 Å². The van der Waals surface area contributed by atoms with Crippen LogP contribution in [0.3, 0.4) is 0 Å². The first-order chi connectivity index (χ1) is 19.5. The van der Waals surface area contributed by atoms with E-state index in [1.54, 1.807) is 0 Å². The zero-order chi connectivity index (χ0) is 30.0. The Morgan fingerprint density at radius 1 is 1.00 bits per heavy atom. The van der Waals surface area contributed by atoms with Crippen molar-refractivity contribution in [2.75, 3.05) is 13.1 Å². The smallest absolute Gasteiger partial charge is 0.404 e. The van der Waals surface area contributed by atoms with Gasteiger partial charge in [0.15, 0.2) is 5.96 Å². The SMILES string of the molecule is CCCCCCCCCCCN[C@@H](CCCNC(=N)N)C(=O)N[C@@H](CC(C)C)B1O[C@@H]2C[C@@H]3C[C@@H](C3(C)C)[C@]2(C)O1. The summed E-state index contributed by atoms with van der Waals surface area (Å²) in [7, 11) is -0.413. The van der Waals surface area contributed by atoms with Crippen LogP contribution in [0.15, 0.2) is 0 Å². The molecular weight excluding hydrogens is 513 g/mol. The van der Waals surface area contributed by atoms with Crippen LogP contribution in [0.2, 0.25) is 0 Å². The van der Waals surface area contributed by atoms with Crippen molar-refractivity contribution in [3.63, 3.8) is 0 Å². The maximum absolute atomic E-state index is 13.7. The van der Waals surface area contributed by atoms with Crippen LogP contribution in [0, 0.1) is 28.6 Å². The summed E-state index contributed by atoms with van der Waals surface area (Å²) in [6, 6.07) is -0.293. The van der Waals surface area contributed by atoms with Gasteiger partial charge in [0, 0.05) is 6.54 Å². The number of hydrogen-bond acceptors (Lipinski definition) is 5. The lowest BCUT2D eigenvalue weighted by Crippen LogP contribution is -2.65. The van der Waals surface area contributed by atoms with Gasteiger partial charge in [-0.15, -0.1) is 0 Å². The summed E-state index contributed by atoms with van der Waals surface area (Å²) in [5.74, 6) is 1.41. The molecule has 3 saturated carbocycles. The van der Waals surface area contributed by atoms with Crippen LogP contribution in [0.4, 0.5) is 0 Å². The lowest BCUT2D eigenvalue weighted by molar-refractivity contribution is -0.199. The minimum atomic E-state index is -0.413. The molecular formula is C32H62BN5O3. The predicted molar refractivity (Wildman–Crippen MR) is 170 cm³/mol. The molecule has 1 aliphatic heterocycles. The molecule has 4 rings (SSSR count). The zero-order valence-corrected chi connectivity index (χ0v) is 27.2. The molecule has 8 nitrogen and oxygen atoms in total. The molecule has 0 radical (unpaired) electrons. The number of nitrogens with one attached hydrogen (secondary N) is 4. The molecule has 4 aliphatic rings. The highest BCUT2D eigenvalue weighted by atomic mass is 16.7. The fraction of sp³-hybridized carbons (Fsp3) is 0.938. The van der Waals surface area contributed by atoms with Gasteiger partial charge in [-0.25, -0.2) is 0 Å². The van der Waals surface area contributed by atoms with E-state index in [1.165, 1.54) is 57.8 Å². The molecule has 0 unspecified atom stereocenters. The van der Waals surface area contributed by atoms with Crippen LogP contribution < -0.4 is 21.7 Å². The van der Waals surface area contributed by atoms with Crippen molar-refractivity contribution in [3.8, 4) is 0 Å². The minimum Gasteiger partial charge on any atom is -0.404 e. The van der Waals surface area contributed by atoms with E-state index in [0.29, 0.717) is 30.7 Å². The van der Waals surface area contributed by atoms with Gasteiger partial charge in [0.05, 0.1) is 23.7 Å². The molecule has 1 saturated heterocycles. The highest BCUT2D eigenvalue weighted by Gasteiger charge is 2.68. The lowest BCUT2D eigenvalue weighted by Gasteiger charge is -2.64. The van der Waals surface area contributed by atoms with Gasteiger partial charge in [0.2, 0.25) is 5.91 Å². The van der Waals surface area contributed by atoms with E-state index >= 15 is 0 Å². The van der Waals surface area contributed by atoms with Gasteiger partial charge in [-0.05, 0) is 75.2 Å². The van der Waals surface area contributed by atoms with Crippen molar-refractivity contribution >= 4 is 19.0 Å². The van der Waals surface area contributed by atoms with Crippen LogP contribution in [0.1, 0.15) is 131 Å². The number of nitrogens with two attached hydrogens (primary N) is 1. The van der Waals surface area contributed by atoms with Gasteiger partial charge in [0.1, 0.15) is 0 Å². The Kier molecular flexibility index (Phi) is 13.3. The molecule has 41 heavy (non-hydrogen) atoms. The second-order valence-corrected chi connectivity index (χ2v) is 14.4. The van der Waals surface area contributed by atoms with E-state index in [0.717, 1.165) is 32.2 Å². The molecule has 0 aromatic rings. The monoisotopic (exact) mass is 575 g/mol. The van der Waals surface area contributed by atoms with E-state index < -0.39 is 7.12 Å². The second-order valence-electron chi connectivity index (χ2n) is 14.4. The molecule has 0 aromatic carbocycles. The Morgan fingerprint density at radius 2 is 1.66 bits per heavy atom. The first-order valence-electron chi connectivity index (χ1n) is 16.9. The van der Waals surface area contributed by atoms with E-state index in [9.17, 15) is 4.79 Å². The van der Waals surface area contributed by atoms with Crippen molar-refractivity contribution in [3.05, 3.63) is 0 Å². The van der Waals surface area contributed by atoms with E-state index in [2.05, 4.69) is 57.5 Å². The molecule has 4 fully saturated rings. The summed E-state index contributed by atoms with van der Waals surface area (Å²) in [5, 5.41) is 17.2. The van der Waals surface area contributed by atoms with Gasteiger partial charge < -0.3 is 31.0 Å². The summed E-state index contributed by atoms with van der Waals surface area (Å²) in [4.78, 5) is 13.7. The third-order valence-corrected chi connectivity index (χ3v) is 10.3. The average Bonchev–Trinajstić information content (AvgIpc) is 3.27. The fourth-order valence-electron chi connectivity index (χ4n) is 7.67. The number of carbonyl (C=O) groups excluding carboxylic acids is 1. The Bertz CT molecular complexity index is 827. The average molecular weight is 576 g/mol. The maximum Gasteiger partial charge on any atom is 0.481 e. The van der Waals surface area contributed by atoms with Crippen molar-refractivity contribution < 1.29 is 14.1 Å². The van der Waals surface area contributed by atoms with E-state index in [1.807, 2.05) is 0 Å². The number of hydrogen-bond donors (Lipinski definition) is 5. The highest BCUT2D eigenvalue weighted by Crippen LogP contribution is 2.65. The summed E-state index contributed by atoms with van der Waals surface area (Å²) in [6.45, 7) is 15.1. The number of rotatable bonds is 20. The van der Waals surface area contributed by atoms with Crippen molar-refractivity contribution in [2.45, 2.75) is 155 Å². The second kappa shape index (κ2) is 16.0. The summed E-state index contributed by atoms with van der Waals surface area (Å²) in [6.07, 6.45) is 16.2. The lowest BCUT2D eigenvalue weighted by atomic mass is 9.43. The largest absolute Gasteiger partial charge is 0.481 e. The first-order valence-corrected chi connectivity index (χ1v) is 16.9. The number of guanidine groups is 1. The van der Waals surface area contributed by atoms with Crippen LogP contribution in [-0.2, 0) is 14.1 Å². The molecule has 6 N–H and O–H groups in total. The number of amides is 1. The minimum absolute atomic E-state index is 0.0197. The fourth-order valence-corrected chi connectivity index (χ4v) is 7.67. The van der Waals surface area contributed by atoms with Crippen molar-refractivity contribution in [1.29, 1.82) is 5.41 Å². The summed E-state index contributed by atoms with van der Waals surface area (Å²) >= 11 is 0. The van der Waals surface area contributed by atoms with Crippen LogP contribution in [0.5, 0.6) is 0 Å². The summed E-state index contributed by atoms with van der Waals surface area (Å²) in [5.41, 5.74) is 5.47. The molecule has 236 valence electrons.